The molecule has 2 aromatic carbocycles. The monoisotopic (exact) mass is 445 g/mol. The Morgan fingerprint density at radius 3 is 2.31 bits per heavy atom. The van der Waals surface area contributed by atoms with Crippen LogP contribution in [0.15, 0.2) is 42.5 Å². The van der Waals surface area contributed by atoms with Gasteiger partial charge in [-0.3, -0.25) is 14.6 Å². The number of benzene rings is 2. The molecule has 4 nitrogen and oxygen atoms in total. The summed E-state index contributed by atoms with van der Waals surface area (Å²) in [6, 6.07) is 10.4. The summed E-state index contributed by atoms with van der Waals surface area (Å²) >= 11 is 12.1. The maximum absolute atomic E-state index is 13.0. The Hall–Kier alpha value is -1.80. The molecule has 0 saturated carbocycles. The van der Waals surface area contributed by atoms with Crippen LogP contribution in [0.3, 0.4) is 0 Å². The molecule has 1 saturated heterocycles. The molecule has 9 heteroatoms. The number of piperazine rings is 1. The number of halogens is 5. The molecule has 2 aromatic rings. The van der Waals surface area contributed by atoms with Gasteiger partial charge in [0.25, 0.3) is 0 Å². The van der Waals surface area contributed by atoms with E-state index in [-0.39, 0.29) is 12.2 Å². The topological polar surface area (TPSA) is 35.6 Å². The molecule has 1 aliphatic rings. The summed E-state index contributed by atoms with van der Waals surface area (Å²) in [4.78, 5) is 16.4. The van der Waals surface area contributed by atoms with E-state index < -0.39 is 17.6 Å². The van der Waals surface area contributed by atoms with Crippen molar-refractivity contribution in [3.63, 3.8) is 0 Å². The molecular weight excluding hydrogens is 426 g/mol. The molecule has 0 aliphatic carbocycles. The third kappa shape index (κ3) is 6.09. The van der Waals surface area contributed by atoms with Gasteiger partial charge in [-0.1, -0.05) is 41.4 Å². The maximum atomic E-state index is 13.0. The number of hydrogen-bond donors (Lipinski definition) is 1. The number of anilines is 1. The Labute approximate surface area is 177 Å². The molecule has 1 aliphatic heterocycles. The summed E-state index contributed by atoms with van der Waals surface area (Å²) in [6.07, 6.45) is -4.52. The summed E-state index contributed by atoms with van der Waals surface area (Å²) in [5.41, 5.74) is -0.0925. The van der Waals surface area contributed by atoms with Crippen molar-refractivity contribution in [3.8, 4) is 0 Å². The van der Waals surface area contributed by atoms with Crippen molar-refractivity contribution >= 4 is 34.8 Å². The van der Waals surface area contributed by atoms with Gasteiger partial charge in [0.05, 0.1) is 17.8 Å². The molecule has 1 N–H and O–H groups in total. The molecular formula is C20H20Cl2F3N3O. The van der Waals surface area contributed by atoms with Gasteiger partial charge < -0.3 is 5.32 Å². The highest BCUT2D eigenvalue weighted by Gasteiger charge is 2.33. The molecule has 3 rings (SSSR count). The molecule has 1 amide bonds. The number of carbonyl (C=O) groups is 1. The van der Waals surface area contributed by atoms with Crippen LogP contribution in [0.4, 0.5) is 18.9 Å². The van der Waals surface area contributed by atoms with E-state index in [1.807, 2.05) is 11.0 Å². The molecule has 0 radical (unpaired) electrons. The second-order valence-corrected chi connectivity index (χ2v) is 7.72. The molecule has 0 bridgehead atoms. The fraction of sp³-hybridized carbons (Fsp3) is 0.350. The lowest BCUT2D eigenvalue weighted by Gasteiger charge is -2.34. The Kier molecular flexibility index (Phi) is 7.05. The fourth-order valence-electron chi connectivity index (χ4n) is 3.23. The van der Waals surface area contributed by atoms with Gasteiger partial charge >= 0.3 is 6.18 Å². The molecule has 0 unspecified atom stereocenters. The van der Waals surface area contributed by atoms with Crippen LogP contribution in [0, 0.1) is 0 Å². The quantitative estimate of drug-likeness (QED) is 0.719. The number of para-hydroxylation sites is 1. The lowest BCUT2D eigenvalue weighted by molar-refractivity contribution is -0.137. The lowest BCUT2D eigenvalue weighted by atomic mass is 10.1. The highest BCUT2D eigenvalue weighted by molar-refractivity contribution is 6.35. The number of rotatable bonds is 5. The number of nitrogens with one attached hydrogen (secondary N) is 1. The van der Waals surface area contributed by atoms with Crippen LogP contribution >= 0.6 is 23.2 Å². The van der Waals surface area contributed by atoms with Crippen molar-refractivity contribution in [1.82, 2.24) is 9.80 Å². The summed E-state index contributed by atoms with van der Waals surface area (Å²) in [7, 11) is 0. The molecule has 29 heavy (non-hydrogen) atoms. The van der Waals surface area contributed by atoms with Crippen LogP contribution in [-0.4, -0.2) is 48.4 Å². The van der Waals surface area contributed by atoms with E-state index in [1.165, 1.54) is 18.2 Å². The summed E-state index contributed by atoms with van der Waals surface area (Å²) in [5.74, 6) is -0.462. The van der Waals surface area contributed by atoms with E-state index in [2.05, 4.69) is 10.2 Å². The van der Waals surface area contributed by atoms with Crippen LogP contribution in [0.25, 0.3) is 0 Å². The fourth-order valence-corrected chi connectivity index (χ4v) is 3.70. The Bertz CT molecular complexity index is 868. The first-order valence-electron chi connectivity index (χ1n) is 9.07. The van der Waals surface area contributed by atoms with Crippen molar-refractivity contribution in [3.05, 3.63) is 63.6 Å². The first kappa shape index (κ1) is 21.9. The normalized spacial score (nSPS) is 16.0. The minimum Gasteiger partial charge on any atom is -0.324 e. The van der Waals surface area contributed by atoms with Crippen LogP contribution in [0.2, 0.25) is 10.0 Å². The van der Waals surface area contributed by atoms with Gasteiger partial charge in [-0.2, -0.15) is 13.2 Å². The zero-order valence-corrected chi connectivity index (χ0v) is 17.0. The molecule has 1 fully saturated rings. The summed E-state index contributed by atoms with van der Waals surface area (Å²) in [5, 5.41) is 3.58. The SMILES string of the molecule is O=C(CN1CCN(Cc2ccc(Cl)cc2Cl)CC1)Nc1ccccc1C(F)(F)F. The Morgan fingerprint density at radius 1 is 1.00 bits per heavy atom. The minimum absolute atomic E-state index is 0.0434. The summed E-state index contributed by atoms with van der Waals surface area (Å²) in [6.45, 7) is 3.45. The van der Waals surface area contributed by atoms with Gasteiger partial charge in [0.2, 0.25) is 5.91 Å². The number of carbonyl (C=O) groups excluding carboxylic acids is 1. The zero-order valence-electron chi connectivity index (χ0n) is 15.5. The van der Waals surface area contributed by atoms with E-state index in [1.54, 1.807) is 12.1 Å². The van der Waals surface area contributed by atoms with Gasteiger partial charge in [0.15, 0.2) is 0 Å². The minimum atomic E-state index is -4.52. The molecule has 1 heterocycles. The standard InChI is InChI=1S/C20H20Cl2F3N3O/c21-15-6-5-14(17(22)11-15)12-27-7-9-28(10-8-27)13-19(29)26-18-4-2-1-3-16(18)20(23,24)25/h1-6,11H,7-10,12-13H2,(H,26,29). The second-order valence-electron chi connectivity index (χ2n) is 6.88. The highest BCUT2D eigenvalue weighted by Crippen LogP contribution is 2.34. The number of alkyl halides is 3. The van der Waals surface area contributed by atoms with Gasteiger partial charge in [0, 0.05) is 42.8 Å². The molecule has 0 spiro atoms. The van der Waals surface area contributed by atoms with E-state index in [9.17, 15) is 18.0 Å². The average molecular weight is 446 g/mol. The van der Waals surface area contributed by atoms with Crippen LogP contribution < -0.4 is 5.32 Å². The first-order valence-corrected chi connectivity index (χ1v) is 9.82. The van der Waals surface area contributed by atoms with Crippen molar-refractivity contribution in [2.24, 2.45) is 0 Å². The number of hydrogen-bond acceptors (Lipinski definition) is 3. The van der Waals surface area contributed by atoms with Crippen molar-refractivity contribution < 1.29 is 18.0 Å². The van der Waals surface area contributed by atoms with Gasteiger partial charge in [-0.25, -0.2) is 0 Å². The van der Waals surface area contributed by atoms with E-state index in [0.29, 0.717) is 29.7 Å². The average Bonchev–Trinajstić information content (AvgIpc) is 2.65. The van der Waals surface area contributed by atoms with E-state index >= 15 is 0 Å². The van der Waals surface area contributed by atoms with Crippen LogP contribution in [0.5, 0.6) is 0 Å². The predicted octanol–water partition coefficient (Wildman–Crippen LogP) is 4.77. The van der Waals surface area contributed by atoms with Gasteiger partial charge in [-0.05, 0) is 29.8 Å². The Morgan fingerprint density at radius 2 is 1.66 bits per heavy atom. The molecule has 156 valence electrons. The van der Waals surface area contributed by atoms with Crippen molar-refractivity contribution in [1.29, 1.82) is 0 Å². The highest BCUT2D eigenvalue weighted by atomic mass is 35.5. The van der Waals surface area contributed by atoms with Gasteiger partial charge in [0.1, 0.15) is 0 Å². The second kappa shape index (κ2) is 9.34. The Balaban J connectivity index is 1.50. The predicted molar refractivity (Wildman–Crippen MR) is 108 cm³/mol. The first-order chi connectivity index (χ1) is 13.7. The number of amides is 1. The zero-order chi connectivity index (χ0) is 21.0. The molecule has 0 aromatic heterocycles. The largest absolute Gasteiger partial charge is 0.418 e. The third-order valence-corrected chi connectivity index (χ3v) is 5.33. The third-order valence-electron chi connectivity index (χ3n) is 4.75. The summed E-state index contributed by atoms with van der Waals surface area (Å²) < 4.78 is 39.1. The molecule has 0 atom stereocenters. The van der Waals surface area contributed by atoms with Crippen molar-refractivity contribution in [2.75, 3.05) is 38.0 Å². The smallest absolute Gasteiger partial charge is 0.324 e. The lowest BCUT2D eigenvalue weighted by Crippen LogP contribution is -2.48. The van der Waals surface area contributed by atoms with Gasteiger partial charge in [-0.15, -0.1) is 0 Å². The maximum Gasteiger partial charge on any atom is 0.418 e. The van der Waals surface area contributed by atoms with Crippen LogP contribution in [-0.2, 0) is 17.5 Å². The van der Waals surface area contributed by atoms with E-state index in [0.717, 1.165) is 24.7 Å². The van der Waals surface area contributed by atoms with E-state index in [4.69, 9.17) is 23.2 Å². The number of nitrogens with zero attached hydrogens (tertiary/aromatic N) is 2. The van der Waals surface area contributed by atoms with Crippen LogP contribution in [0.1, 0.15) is 11.1 Å². The van der Waals surface area contributed by atoms with Crippen molar-refractivity contribution in [2.45, 2.75) is 12.7 Å².